The minimum Gasteiger partial charge on any atom is -0.505 e. The highest BCUT2D eigenvalue weighted by Crippen LogP contribution is 2.53. The summed E-state index contributed by atoms with van der Waals surface area (Å²) >= 11 is 0.936. The van der Waals surface area contributed by atoms with Gasteiger partial charge < -0.3 is 45.3 Å². The number of amides is 2. The zero-order chi connectivity index (χ0) is 35.7. The third kappa shape index (κ3) is 9.53. The minimum absolute atomic E-state index is 0.00937. The minimum atomic E-state index is -1.02. The number of nitrogens with one attached hydrogen (secondary N) is 1. The Labute approximate surface area is 284 Å². The predicted molar refractivity (Wildman–Crippen MR) is 181 cm³/mol. The molecule has 2 bridgehead atoms. The maximum absolute atomic E-state index is 14.1. The van der Waals surface area contributed by atoms with Gasteiger partial charge in [-0.05, 0) is 56.4 Å². The van der Waals surface area contributed by atoms with Gasteiger partial charge >= 0.3 is 6.09 Å². The van der Waals surface area contributed by atoms with Crippen LogP contribution in [0.1, 0.15) is 39.7 Å². The molecule has 0 aliphatic carbocycles. The van der Waals surface area contributed by atoms with Gasteiger partial charge in [-0.2, -0.15) is 0 Å². The van der Waals surface area contributed by atoms with Gasteiger partial charge in [0.15, 0.2) is 17.6 Å². The second-order valence-electron chi connectivity index (χ2n) is 11.8. The zero-order valence-corrected chi connectivity index (χ0v) is 29.0. The number of phenols is 2. The molecule has 6 atom stereocenters. The number of benzene rings is 2. The molecule has 11 nitrogen and oxygen atoms in total. The van der Waals surface area contributed by atoms with Crippen molar-refractivity contribution in [3.63, 3.8) is 0 Å². The number of fused-ring (bicyclic) bond motifs is 2. The molecule has 0 spiro atoms. The molecule has 0 saturated heterocycles. The smallest absolute Gasteiger partial charge is 0.405 e. The first kappa shape index (κ1) is 38.4. The average molecular weight is 689 g/mol. The fourth-order valence-corrected chi connectivity index (χ4v) is 6.59. The normalized spacial score (nSPS) is 27.1. The van der Waals surface area contributed by atoms with Crippen molar-refractivity contribution in [3.05, 3.63) is 71.1 Å². The summed E-state index contributed by atoms with van der Waals surface area (Å²) in [4.78, 5) is 25.8. The van der Waals surface area contributed by atoms with Gasteiger partial charge in [-0.25, -0.2) is 9.18 Å². The molecule has 1 aliphatic rings. The summed E-state index contributed by atoms with van der Waals surface area (Å²) in [6.45, 7) is 6.95. The van der Waals surface area contributed by atoms with Crippen molar-refractivity contribution in [3.8, 4) is 17.2 Å². The number of halogens is 1. The van der Waals surface area contributed by atoms with E-state index < -0.39 is 48.2 Å². The number of hydrogen-bond donors (Lipinski definition) is 5. The number of phenolic OH excluding ortho intramolecular Hbond substituents is 2. The van der Waals surface area contributed by atoms with Gasteiger partial charge in [-0.3, -0.25) is 4.79 Å². The first-order chi connectivity index (χ1) is 22.7. The van der Waals surface area contributed by atoms with Crippen LogP contribution in [0, 0.1) is 17.7 Å². The molecule has 0 aromatic heterocycles. The van der Waals surface area contributed by atoms with E-state index in [1.165, 1.54) is 45.6 Å². The third-order valence-corrected chi connectivity index (χ3v) is 9.21. The predicted octanol–water partition coefficient (Wildman–Crippen LogP) is 5.86. The summed E-state index contributed by atoms with van der Waals surface area (Å²) < 4.78 is 36.4. The van der Waals surface area contributed by atoms with Crippen LogP contribution < -0.4 is 15.8 Å². The number of rotatable bonds is 6. The van der Waals surface area contributed by atoms with Crippen LogP contribution in [0.2, 0.25) is 0 Å². The Kier molecular flexibility index (Phi) is 13.9. The molecule has 13 heteroatoms. The number of carbonyl (C=O) groups excluding carboxylic acids is 2. The lowest BCUT2D eigenvalue weighted by Gasteiger charge is -2.29. The molecule has 3 rings (SSSR count). The summed E-state index contributed by atoms with van der Waals surface area (Å²) in [5.74, 6) is -2.52. The third-order valence-electron chi connectivity index (χ3n) is 8.12. The Bertz CT molecular complexity index is 1560. The molecule has 262 valence electrons. The quantitative estimate of drug-likeness (QED) is 0.141. The molecule has 48 heavy (non-hydrogen) atoms. The van der Waals surface area contributed by atoms with Crippen LogP contribution in [0.4, 0.5) is 14.9 Å². The van der Waals surface area contributed by atoms with Crippen LogP contribution in [-0.4, -0.2) is 73.1 Å². The Morgan fingerprint density at radius 1 is 1.10 bits per heavy atom. The fraction of sp³-hybridized carbons (Fsp3) is 0.429. The number of anilines is 1. The molecular weight excluding hydrogens is 643 g/mol. The van der Waals surface area contributed by atoms with E-state index in [0.717, 1.165) is 11.8 Å². The maximum atomic E-state index is 14.1. The molecule has 0 saturated carbocycles. The summed E-state index contributed by atoms with van der Waals surface area (Å²) in [5.41, 5.74) is 6.30. The van der Waals surface area contributed by atoms with Gasteiger partial charge in [0.2, 0.25) is 0 Å². The molecular formula is C35H45FN2O9S. The van der Waals surface area contributed by atoms with Crippen LogP contribution >= 0.6 is 11.8 Å². The van der Waals surface area contributed by atoms with Gasteiger partial charge in [0.25, 0.3) is 5.91 Å². The maximum Gasteiger partial charge on any atom is 0.405 e. The van der Waals surface area contributed by atoms with E-state index in [4.69, 9.17) is 24.7 Å². The summed E-state index contributed by atoms with van der Waals surface area (Å²) in [5, 5.41) is 37.2. The second-order valence-corrected chi connectivity index (χ2v) is 12.9. The number of aliphatic hydroxyl groups is 1. The zero-order valence-electron chi connectivity index (χ0n) is 28.2. The molecule has 2 amide bonds. The molecule has 6 N–H and O–H groups in total. The van der Waals surface area contributed by atoms with Crippen molar-refractivity contribution in [2.45, 2.75) is 74.7 Å². The largest absolute Gasteiger partial charge is 0.505 e. The Hall–Kier alpha value is -4.04. The molecule has 0 fully saturated rings. The van der Waals surface area contributed by atoms with E-state index in [1.807, 2.05) is 6.92 Å². The van der Waals surface area contributed by atoms with Gasteiger partial charge in [0, 0.05) is 36.2 Å². The molecule has 1 aliphatic heterocycles. The van der Waals surface area contributed by atoms with Crippen molar-refractivity contribution in [1.82, 2.24) is 0 Å². The number of nitrogens with two attached hydrogens (primary N) is 1. The number of primary amides is 1. The number of carbonyl (C=O) groups is 2. The summed E-state index contributed by atoms with van der Waals surface area (Å²) in [6.07, 6.45) is 2.43. The monoisotopic (exact) mass is 688 g/mol. The van der Waals surface area contributed by atoms with E-state index in [0.29, 0.717) is 16.9 Å². The first-order valence-corrected chi connectivity index (χ1v) is 16.2. The van der Waals surface area contributed by atoms with Crippen LogP contribution in [0.15, 0.2) is 69.5 Å². The topological polar surface area (TPSA) is 170 Å². The molecule has 0 unspecified atom stereocenters. The molecule has 0 radical (unpaired) electrons. The van der Waals surface area contributed by atoms with Crippen molar-refractivity contribution in [1.29, 1.82) is 0 Å². The summed E-state index contributed by atoms with van der Waals surface area (Å²) in [7, 11) is 4.25. The van der Waals surface area contributed by atoms with Crippen molar-refractivity contribution in [2.24, 2.45) is 17.6 Å². The standard InChI is InChI=1S/C35H45FN2O9S/c1-18-14-24-29(40)27(33(30(41)32(24)46-7)48-23-12-9-11-22(36)17-23)38-34(42)19(2)10-8-13-25(44-5)31(47-35(37)43)21(4)16-20(3)28(39)26(15-18)45-6/h8-13,16-18,20,25-26,28,31,39-41H,14-15H2,1-7H3,(H2,37,43)(H,38,42)/b13-8-,19-10+,21-16+/t18-,20+,25+,26+,28-,31+/m1/s1. The number of ether oxygens (including phenoxy) is 4. The number of allylic oxidation sites excluding steroid dienone is 2. The molecule has 1 heterocycles. The fourth-order valence-electron chi connectivity index (χ4n) is 5.60. The van der Waals surface area contributed by atoms with E-state index in [2.05, 4.69) is 5.32 Å². The SMILES string of the molecule is COc1c(O)c(Sc2cccc(F)c2)c2c(O)c1C[C@@H](C)C[C@H](OC)[C@H](O)[C@@H](C)/C=C(\C)[C@H](OC(N)=O)[C@@H](OC)/C=C\C=C(/C)C(=O)N2. The molecule has 2 aromatic carbocycles. The number of aromatic hydroxyl groups is 2. The van der Waals surface area contributed by atoms with E-state index in [9.17, 15) is 29.3 Å². The van der Waals surface area contributed by atoms with Crippen molar-refractivity contribution < 1.29 is 48.2 Å². The van der Waals surface area contributed by atoms with Gasteiger partial charge in [0.1, 0.15) is 23.4 Å². The highest BCUT2D eigenvalue weighted by Gasteiger charge is 2.32. The van der Waals surface area contributed by atoms with Crippen molar-refractivity contribution >= 4 is 29.4 Å². The number of methoxy groups -OCH3 is 3. The van der Waals surface area contributed by atoms with Gasteiger partial charge in [-0.1, -0.05) is 56.0 Å². The van der Waals surface area contributed by atoms with Crippen LogP contribution in [0.5, 0.6) is 17.2 Å². The van der Waals surface area contributed by atoms with E-state index >= 15 is 0 Å². The lowest BCUT2D eigenvalue weighted by molar-refractivity contribution is -0.112. The van der Waals surface area contributed by atoms with Crippen LogP contribution in [0.3, 0.4) is 0 Å². The van der Waals surface area contributed by atoms with E-state index in [1.54, 1.807) is 45.1 Å². The van der Waals surface area contributed by atoms with Crippen LogP contribution in [-0.2, 0) is 25.4 Å². The Balaban J connectivity index is 2.23. The number of hydrogen-bond acceptors (Lipinski definition) is 10. The van der Waals surface area contributed by atoms with Gasteiger partial charge in [0.05, 0.1) is 24.2 Å². The van der Waals surface area contributed by atoms with E-state index in [-0.39, 0.29) is 51.3 Å². The highest BCUT2D eigenvalue weighted by atomic mass is 32.2. The molecule has 2 aromatic rings. The van der Waals surface area contributed by atoms with Crippen LogP contribution in [0.25, 0.3) is 0 Å². The van der Waals surface area contributed by atoms with Crippen molar-refractivity contribution in [2.75, 3.05) is 26.6 Å². The lowest BCUT2D eigenvalue weighted by atomic mass is 9.87. The number of aliphatic hydroxyl groups excluding tert-OH is 1. The highest BCUT2D eigenvalue weighted by molar-refractivity contribution is 7.99. The average Bonchev–Trinajstić information content (AvgIpc) is 3.04. The lowest BCUT2D eigenvalue weighted by Crippen LogP contribution is -2.37. The first-order valence-electron chi connectivity index (χ1n) is 15.3. The summed E-state index contributed by atoms with van der Waals surface area (Å²) in [6, 6.07) is 5.65. The second kappa shape index (κ2) is 17.4. The Morgan fingerprint density at radius 3 is 2.42 bits per heavy atom. The Morgan fingerprint density at radius 2 is 1.81 bits per heavy atom. The van der Waals surface area contributed by atoms with Gasteiger partial charge in [-0.15, -0.1) is 0 Å².